The summed E-state index contributed by atoms with van der Waals surface area (Å²) >= 11 is 0. The number of hydrogen-bond acceptors (Lipinski definition) is 5. The van der Waals surface area contributed by atoms with E-state index in [1.807, 2.05) is 57.2 Å². The first kappa shape index (κ1) is 18.7. The first-order valence-corrected chi connectivity index (χ1v) is 8.87. The fraction of sp³-hybridized carbons (Fsp3) is 0.273. The standard InChI is InChI=1S/C22H22O5/c1-4-16-6-7-18-17(11-21(23)27-20(18)10-16)12-26-22(24)13-25-19-8-5-14(2)9-15(19)3/h5-11H,4,12-13H2,1-3H3. The van der Waals surface area contributed by atoms with Gasteiger partial charge in [-0.1, -0.05) is 36.8 Å². The Balaban J connectivity index is 1.67. The maximum atomic E-state index is 12.0. The molecule has 1 aromatic heterocycles. The summed E-state index contributed by atoms with van der Waals surface area (Å²) in [7, 11) is 0. The second-order valence-electron chi connectivity index (χ2n) is 6.49. The highest BCUT2D eigenvalue weighted by Gasteiger charge is 2.11. The van der Waals surface area contributed by atoms with Crippen molar-refractivity contribution in [3.8, 4) is 5.75 Å². The molecule has 0 radical (unpaired) electrons. The Bertz CT molecular complexity index is 1030. The molecule has 0 saturated heterocycles. The monoisotopic (exact) mass is 366 g/mol. The van der Waals surface area contributed by atoms with Crippen LogP contribution in [0.3, 0.4) is 0 Å². The van der Waals surface area contributed by atoms with Crippen LogP contribution in [0.1, 0.15) is 29.2 Å². The van der Waals surface area contributed by atoms with Gasteiger partial charge in [-0.2, -0.15) is 0 Å². The average molecular weight is 366 g/mol. The number of fused-ring (bicyclic) bond motifs is 1. The van der Waals surface area contributed by atoms with E-state index < -0.39 is 11.6 Å². The van der Waals surface area contributed by atoms with Gasteiger partial charge in [0, 0.05) is 17.0 Å². The molecule has 0 fully saturated rings. The molecular formula is C22H22O5. The van der Waals surface area contributed by atoms with Crippen molar-refractivity contribution in [2.45, 2.75) is 33.8 Å². The van der Waals surface area contributed by atoms with Crippen LogP contribution in [-0.2, 0) is 22.6 Å². The summed E-state index contributed by atoms with van der Waals surface area (Å²) in [4.78, 5) is 23.8. The van der Waals surface area contributed by atoms with Gasteiger partial charge in [-0.05, 0) is 43.5 Å². The lowest BCUT2D eigenvalue weighted by atomic mass is 10.1. The third-order valence-corrected chi connectivity index (χ3v) is 4.37. The number of carbonyl (C=O) groups is 1. The van der Waals surface area contributed by atoms with E-state index in [9.17, 15) is 9.59 Å². The third kappa shape index (κ3) is 4.56. The Morgan fingerprint density at radius 2 is 1.89 bits per heavy atom. The molecule has 140 valence electrons. The molecule has 3 rings (SSSR count). The van der Waals surface area contributed by atoms with Crippen LogP contribution in [0.25, 0.3) is 11.0 Å². The van der Waals surface area contributed by atoms with Crippen molar-refractivity contribution in [3.05, 3.63) is 75.1 Å². The smallest absolute Gasteiger partial charge is 0.344 e. The normalized spacial score (nSPS) is 10.8. The van der Waals surface area contributed by atoms with E-state index in [4.69, 9.17) is 13.9 Å². The number of aryl methyl sites for hydroxylation is 3. The van der Waals surface area contributed by atoms with Crippen LogP contribution in [-0.4, -0.2) is 12.6 Å². The zero-order chi connectivity index (χ0) is 19.4. The van der Waals surface area contributed by atoms with E-state index in [1.54, 1.807) is 0 Å². The fourth-order valence-electron chi connectivity index (χ4n) is 2.91. The molecule has 2 aromatic carbocycles. The van der Waals surface area contributed by atoms with Crippen LogP contribution >= 0.6 is 0 Å². The number of esters is 1. The Morgan fingerprint density at radius 3 is 2.63 bits per heavy atom. The molecule has 0 aliphatic heterocycles. The van der Waals surface area contributed by atoms with Crippen LogP contribution in [0.2, 0.25) is 0 Å². The summed E-state index contributed by atoms with van der Waals surface area (Å²) < 4.78 is 16.1. The Kier molecular flexibility index (Phi) is 5.60. The van der Waals surface area contributed by atoms with Gasteiger partial charge >= 0.3 is 11.6 Å². The number of benzene rings is 2. The van der Waals surface area contributed by atoms with Crippen LogP contribution < -0.4 is 10.4 Å². The minimum absolute atomic E-state index is 0.0113. The molecule has 0 unspecified atom stereocenters. The summed E-state index contributed by atoms with van der Waals surface area (Å²) in [5.41, 5.74) is 3.81. The van der Waals surface area contributed by atoms with E-state index >= 15 is 0 Å². The van der Waals surface area contributed by atoms with E-state index in [2.05, 4.69) is 0 Å². The molecule has 27 heavy (non-hydrogen) atoms. The van der Waals surface area contributed by atoms with E-state index in [0.29, 0.717) is 16.9 Å². The van der Waals surface area contributed by atoms with Crippen molar-refractivity contribution in [2.75, 3.05) is 6.61 Å². The highest BCUT2D eigenvalue weighted by Crippen LogP contribution is 2.21. The van der Waals surface area contributed by atoms with Gasteiger partial charge in [0.1, 0.15) is 17.9 Å². The summed E-state index contributed by atoms with van der Waals surface area (Å²) in [6, 6.07) is 12.8. The van der Waals surface area contributed by atoms with Gasteiger partial charge in [0.15, 0.2) is 6.61 Å². The molecule has 0 bridgehead atoms. The van der Waals surface area contributed by atoms with E-state index in [1.165, 1.54) is 6.07 Å². The molecule has 1 heterocycles. The van der Waals surface area contributed by atoms with Crippen molar-refractivity contribution in [1.29, 1.82) is 0 Å². The number of carbonyl (C=O) groups excluding carboxylic acids is 1. The van der Waals surface area contributed by atoms with Crippen molar-refractivity contribution in [3.63, 3.8) is 0 Å². The number of rotatable bonds is 6. The second-order valence-corrected chi connectivity index (χ2v) is 6.49. The molecule has 5 nitrogen and oxygen atoms in total. The van der Waals surface area contributed by atoms with Crippen LogP contribution in [0.5, 0.6) is 5.75 Å². The average Bonchev–Trinajstić information content (AvgIpc) is 2.64. The summed E-state index contributed by atoms with van der Waals surface area (Å²) in [6.45, 7) is 5.75. The topological polar surface area (TPSA) is 65.7 Å². The first-order chi connectivity index (χ1) is 13.0. The molecule has 0 spiro atoms. The SMILES string of the molecule is CCc1ccc2c(COC(=O)COc3ccc(C)cc3C)cc(=O)oc2c1. The third-order valence-electron chi connectivity index (χ3n) is 4.37. The van der Waals surface area contributed by atoms with Gasteiger partial charge in [0.05, 0.1) is 0 Å². The predicted molar refractivity (Wildman–Crippen MR) is 103 cm³/mol. The van der Waals surface area contributed by atoms with Crippen LogP contribution in [0, 0.1) is 13.8 Å². The van der Waals surface area contributed by atoms with E-state index in [-0.39, 0.29) is 13.2 Å². The molecule has 0 aliphatic carbocycles. The minimum Gasteiger partial charge on any atom is -0.482 e. The number of hydrogen-bond donors (Lipinski definition) is 0. The second kappa shape index (κ2) is 8.08. The maximum Gasteiger partial charge on any atom is 0.344 e. The first-order valence-electron chi connectivity index (χ1n) is 8.87. The molecule has 0 amide bonds. The molecule has 0 saturated carbocycles. The van der Waals surface area contributed by atoms with Crippen LogP contribution in [0.4, 0.5) is 0 Å². The molecular weight excluding hydrogens is 344 g/mol. The van der Waals surface area contributed by atoms with Gasteiger partial charge in [-0.3, -0.25) is 0 Å². The lowest BCUT2D eigenvalue weighted by Gasteiger charge is -2.10. The Hall–Kier alpha value is -3.08. The molecule has 0 atom stereocenters. The quantitative estimate of drug-likeness (QED) is 0.485. The highest BCUT2D eigenvalue weighted by molar-refractivity contribution is 5.81. The summed E-state index contributed by atoms with van der Waals surface area (Å²) in [6.07, 6.45) is 0.842. The van der Waals surface area contributed by atoms with Crippen molar-refractivity contribution >= 4 is 16.9 Å². The van der Waals surface area contributed by atoms with E-state index in [0.717, 1.165) is 28.5 Å². The maximum absolute atomic E-state index is 12.0. The van der Waals surface area contributed by atoms with Gasteiger partial charge in [-0.15, -0.1) is 0 Å². The Labute approximate surface area is 157 Å². The molecule has 3 aromatic rings. The fourth-order valence-corrected chi connectivity index (χ4v) is 2.91. The van der Waals surface area contributed by atoms with Crippen LogP contribution in [0.15, 0.2) is 51.7 Å². The van der Waals surface area contributed by atoms with Gasteiger partial charge in [-0.25, -0.2) is 9.59 Å². The number of ether oxygens (including phenoxy) is 2. The lowest BCUT2D eigenvalue weighted by Crippen LogP contribution is -2.15. The van der Waals surface area contributed by atoms with Crippen molar-refractivity contribution < 1.29 is 18.7 Å². The molecule has 5 heteroatoms. The Morgan fingerprint density at radius 1 is 1.07 bits per heavy atom. The largest absolute Gasteiger partial charge is 0.482 e. The lowest BCUT2D eigenvalue weighted by molar-refractivity contribution is -0.147. The minimum atomic E-state index is -0.499. The summed E-state index contributed by atoms with van der Waals surface area (Å²) in [5.74, 6) is 0.150. The molecule has 0 aliphatic rings. The highest BCUT2D eigenvalue weighted by atomic mass is 16.6. The molecule has 0 N–H and O–H groups in total. The van der Waals surface area contributed by atoms with Crippen molar-refractivity contribution in [2.24, 2.45) is 0 Å². The zero-order valence-corrected chi connectivity index (χ0v) is 15.7. The van der Waals surface area contributed by atoms with Crippen molar-refractivity contribution in [1.82, 2.24) is 0 Å². The van der Waals surface area contributed by atoms with Gasteiger partial charge in [0.25, 0.3) is 0 Å². The summed E-state index contributed by atoms with van der Waals surface area (Å²) in [5, 5.41) is 0.759. The predicted octanol–water partition coefficient (Wildman–Crippen LogP) is 4.09. The van der Waals surface area contributed by atoms with Gasteiger partial charge < -0.3 is 13.9 Å². The van der Waals surface area contributed by atoms with Gasteiger partial charge in [0.2, 0.25) is 0 Å². The zero-order valence-electron chi connectivity index (χ0n) is 15.7.